The first kappa shape index (κ1) is 25.8. The molecule has 1 saturated carbocycles. The summed E-state index contributed by atoms with van der Waals surface area (Å²) in [5.41, 5.74) is 1.03. The highest BCUT2D eigenvalue weighted by Crippen LogP contribution is 2.38. The van der Waals surface area contributed by atoms with Crippen LogP contribution in [0.5, 0.6) is 5.88 Å². The lowest BCUT2D eigenvalue weighted by Gasteiger charge is -2.49. The molecule has 3 N–H and O–H groups in total. The number of carbonyl (C=O) groups is 1. The summed E-state index contributed by atoms with van der Waals surface area (Å²) in [6.45, 7) is 4.69. The van der Waals surface area contributed by atoms with E-state index in [-0.39, 0.29) is 35.6 Å². The number of anilines is 3. The van der Waals surface area contributed by atoms with E-state index in [1.54, 1.807) is 12.1 Å². The van der Waals surface area contributed by atoms with E-state index < -0.39 is 5.82 Å². The Morgan fingerprint density at radius 2 is 2.05 bits per heavy atom. The molecule has 11 nitrogen and oxygen atoms in total. The van der Waals surface area contributed by atoms with E-state index in [2.05, 4.69) is 25.6 Å². The van der Waals surface area contributed by atoms with Crippen LogP contribution in [0.4, 0.5) is 26.4 Å². The maximum atomic E-state index is 14.7. The molecule has 2 aromatic rings. The zero-order chi connectivity index (χ0) is 26.7. The molecule has 1 amide bonds. The van der Waals surface area contributed by atoms with Gasteiger partial charge in [-0.2, -0.15) is 0 Å². The lowest BCUT2D eigenvalue weighted by atomic mass is 9.82. The molecule has 2 saturated heterocycles. The molecule has 0 spiro atoms. The van der Waals surface area contributed by atoms with Crippen LogP contribution in [0.15, 0.2) is 29.5 Å². The summed E-state index contributed by atoms with van der Waals surface area (Å²) in [6.07, 6.45) is 7.21. The quantitative estimate of drug-likeness (QED) is 0.341. The number of fused-ring (bicyclic) bond motifs is 2. The fourth-order valence-electron chi connectivity index (χ4n) is 5.12. The van der Waals surface area contributed by atoms with Crippen LogP contribution < -0.4 is 15.4 Å². The molecule has 1 aliphatic carbocycles. The van der Waals surface area contributed by atoms with Gasteiger partial charge in [-0.15, -0.1) is 0 Å². The summed E-state index contributed by atoms with van der Waals surface area (Å²) in [5, 5.41) is 12.7. The van der Waals surface area contributed by atoms with Crippen molar-refractivity contribution in [3.05, 3.63) is 35.9 Å². The predicted octanol–water partition coefficient (Wildman–Crippen LogP) is 4.40. The number of halogens is 1. The lowest BCUT2D eigenvalue weighted by molar-refractivity contribution is -0.114. The third-order valence-electron chi connectivity index (χ3n) is 7.35. The molecule has 5 rings (SSSR count). The van der Waals surface area contributed by atoms with Crippen molar-refractivity contribution >= 4 is 36.0 Å². The number of aliphatic imine (C=N–C) groups is 1. The second-order valence-electron chi connectivity index (χ2n) is 10.2. The first-order valence-electron chi connectivity index (χ1n) is 12.8. The minimum Gasteiger partial charge on any atom is -0.474 e. The Morgan fingerprint density at radius 1 is 1.29 bits per heavy atom. The molecular formula is C26H32FN7O4. The largest absolute Gasteiger partial charge is 0.474 e. The summed E-state index contributed by atoms with van der Waals surface area (Å²) in [6, 6.07) is 4.32. The molecule has 3 aliphatic rings. The van der Waals surface area contributed by atoms with Gasteiger partial charge in [0.15, 0.2) is 0 Å². The fraction of sp³-hybridized carbons (Fsp3) is 0.500. The lowest BCUT2D eigenvalue weighted by Crippen LogP contribution is -2.62. The van der Waals surface area contributed by atoms with Gasteiger partial charge in [0.2, 0.25) is 5.88 Å². The molecule has 3 heterocycles. The molecule has 2 bridgehead atoms. The van der Waals surface area contributed by atoms with Gasteiger partial charge in [0, 0.05) is 18.5 Å². The Labute approximate surface area is 220 Å². The second-order valence-corrected chi connectivity index (χ2v) is 10.2. The number of piperidine rings is 1. The van der Waals surface area contributed by atoms with Gasteiger partial charge >= 0.3 is 6.09 Å². The van der Waals surface area contributed by atoms with Crippen LogP contribution >= 0.6 is 0 Å². The number of hydrogen-bond acceptors (Lipinski definition) is 8. The van der Waals surface area contributed by atoms with E-state index in [1.807, 2.05) is 18.7 Å². The van der Waals surface area contributed by atoms with E-state index in [0.717, 1.165) is 25.6 Å². The highest BCUT2D eigenvalue weighted by atomic mass is 19.1. The molecule has 0 radical (unpaired) electrons. The minimum absolute atomic E-state index is 0.131. The molecule has 2 unspecified atom stereocenters. The van der Waals surface area contributed by atoms with Crippen LogP contribution in [-0.2, 0) is 9.47 Å². The van der Waals surface area contributed by atoms with Crippen molar-refractivity contribution in [1.82, 2.24) is 14.9 Å². The van der Waals surface area contributed by atoms with Crippen LogP contribution in [0, 0.1) is 18.2 Å². The maximum Gasteiger partial charge on any atom is 0.410 e. The number of carbonyl (C=O) groups excluding carboxylic acids is 1. The Hall–Kier alpha value is -3.80. The van der Waals surface area contributed by atoms with Crippen molar-refractivity contribution in [1.29, 1.82) is 5.41 Å². The van der Waals surface area contributed by atoms with E-state index in [9.17, 15) is 9.18 Å². The Morgan fingerprint density at radius 3 is 2.71 bits per heavy atom. The molecule has 12 heteroatoms. The molecular weight excluding hydrogens is 493 g/mol. The van der Waals surface area contributed by atoms with E-state index in [0.29, 0.717) is 49.0 Å². The third-order valence-corrected chi connectivity index (χ3v) is 7.35. The third kappa shape index (κ3) is 5.54. The summed E-state index contributed by atoms with van der Waals surface area (Å²) < 4.78 is 32.6. The van der Waals surface area contributed by atoms with Gasteiger partial charge < -0.3 is 24.8 Å². The zero-order valence-corrected chi connectivity index (χ0v) is 21.4. The molecule has 2 aliphatic heterocycles. The molecule has 3 fully saturated rings. The number of aromatic nitrogens is 2. The van der Waals surface area contributed by atoms with E-state index >= 15 is 0 Å². The summed E-state index contributed by atoms with van der Waals surface area (Å²) in [4.78, 5) is 27.0. The second kappa shape index (κ2) is 10.9. The van der Waals surface area contributed by atoms with Crippen molar-refractivity contribution in [2.75, 3.05) is 23.8 Å². The number of hydrogen-bond donors (Lipinski definition) is 3. The number of ether oxygens (including phenoxy) is 3. The SMILES string of the molecule is Cc1c(Nc2ccc(N/C=N\C=N)cc2F)ncnc1OC1CC2COCC(C1)N2C(=O)OC1(C)CCC1. The predicted molar refractivity (Wildman–Crippen MR) is 140 cm³/mol. The van der Waals surface area contributed by atoms with Crippen molar-refractivity contribution in [3.8, 4) is 5.88 Å². The van der Waals surface area contributed by atoms with Crippen molar-refractivity contribution < 1.29 is 23.4 Å². The first-order valence-corrected chi connectivity index (χ1v) is 12.8. The van der Waals surface area contributed by atoms with Crippen molar-refractivity contribution in [2.45, 2.75) is 69.7 Å². The highest BCUT2D eigenvalue weighted by molar-refractivity contribution is 5.81. The fourth-order valence-corrected chi connectivity index (χ4v) is 5.12. The van der Waals surface area contributed by atoms with Gasteiger partial charge in [0.1, 0.15) is 36.0 Å². The molecule has 202 valence electrons. The standard InChI is InChI=1S/C26H32FN7O4/c1-16-23(33-22-5-4-17(8-21(22)27)30-14-29-13-28)31-15-32-24(16)37-20-9-18-11-36-12-19(10-20)34(18)25(35)38-26(2)6-3-7-26/h4-5,8,13-15,18-20H,3,6-7,9-12H2,1-2H3,(H2,28,29,30)(H,31,32,33). The van der Waals surface area contributed by atoms with E-state index in [1.165, 1.54) is 18.7 Å². The van der Waals surface area contributed by atoms with Crippen molar-refractivity contribution in [2.24, 2.45) is 4.99 Å². The number of benzene rings is 1. The van der Waals surface area contributed by atoms with Gasteiger partial charge in [-0.05, 0) is 51.3 Å². The summed E-state index contributed by atoms with van der Waals surface area (Å²) in [5.74, 6) is 0.353. The number of nitrogens with one attached hydrogen (secondary N) is 3. The Bertz CT molecular complexity index is 1210. The summed E-state index contributed by atoms with van der Waals surface area (Å²) in [7, 11) is 0. The highest BCUT2D eigenvalue weighted by Gasteiger charge is 2.46. The van der Waals surface area contributed by atoms with Crippen molar-refractivity contribution in [3.63, 3.8) is 0 Å². The molecule has 38 heavy (non-hydrogen) atoms. The van der Waals surface area contributed by atoms with Gasteiger partial charge in [0.25, 0.3) is 0 Å². The molecule has 1 aromatic carbocycles. The van der Waals surface area contributed by atoms with Gasteiger partial charge in [0.05, 0.1) is 42.9 Å². The first-order chi connectivity index (χ1) is 18.3. The van der Waals surface area contributed by atoms with Crippen LogP contribution in [0.2, 0.25) is 0 Å². The van der Waals surface area contributed by atoms with Crippen LogP contribution in [0.3, 0.4) is 0 Å². The average molecular weight is 526 g/mol. The average Bonchev–Trinajstić information content (AvgIpc) is 2.86. The van der Waals surface area contributed by atoms with Crippen LogP contribution in [0.1, 0.15) is 44.6 Å². The summed E-state index contributed by atoms with van der Waals surface area (Å²) >= 11 is 0. The number of morpholine rings is 1. The Balaban J connectivity index is 1.24. The number of amides is 1. The van der Waals surface area contributed by atoms with Gasteiger partial charge in [-0.3, -0.25) is 10.3 Å². The maximum absolute atomic E-state index is 14.7. The number of nitrogens with zero attached hydrogens (tertiary/aromatic N) is 4. The van der Waals surface area contributed by atoms with Gasteiger partial charge in [-0.25, -0.2) is 24.1 Å². The van der Waals surface area contributed by atoms with Crippen LogP contribution in [0.25, 0.3) is 0 Å². The smallest absolute Gasteiger partial charge is 0.410 e. The van der Waals surface area contributed by atoms with Crippen LogP contribution in [-0.4, -0.2) is 70.6 Å². The molecule has 1 aromatic heterocycles. The Kier molecular flexibility index (Phi) is 7.41. The van der Waals surface area contributed by atoms with Gasteiger partial charge in [-0.1, -0.05) is 0 Å². The number of rotatable bonds is 8. The molecule has 2 atom stereocenters. The normalized spacial score (nSPS) is 23.9. The monoisotopic (exact) mass is 525 g/mol. The van der Waals surface area contributed by atoms with E-state index in [4.69, 9.17) is 19.6 Å². The zero-order valence-electron chi connectivity index (χ0n) is 21.4. The minimum atomic E-state index is -0.485. The topological polar surface area (TPSA) is 134 Å².